The monoisotopic (exact) mass is 360 g/mol. The molecule has 130 valence electrons. The Bertz CT molecular complexity index is 874. The van der Waals surface area contributed by atoms with Crippen LogP contribution in [-0.2, 0) is 6.54 Å². The number of hydrogen-bond acceptors (Lipinski definition) is 4. The van der Waals surface area contributed by atoms with E-state index in [0.29, 0.717) is 23.6 Å². The molecule has 2 aromatic rings. The van der Waals surface area contributed by atoms with Crippen molar-refractivity contribution in [1.29, 1.82) is 0 Å². The van der Waals surface area contributed by atoms with Gasteiger partial charge in [0.2, 0.25) is 0 Å². The predicted molar refractivity (Wildman–Crippen MR) is 94.2 cm³/mol. The molecule has 0 radical (unpaired) electrons. The highest BCUT2D eigenvalue weighted by molar-refractivity contribution is 6.32. The highest BCUT2D eigenvalue weighted by atomic mass is 35.5. The average Bonchev–Trinajstić information content (AvgIpc) is 2.87. The summed E-state index contributed by atoms with van der Waals surface area (Å²) >= 11 is 6.10. The second-order valence-corrected chi connectivity index (χ2v) is 7.23. The van der Waals surface area contributed by atoms with Crippen LogP contribution < -0.4 is 4.74 Å². The molecule has 0 aliphatic carbocycles. The number of carbonyl (C=O) groups is 1. The van der Waals surface area contributed by atoms with Crippen LogP contribution in [-0.4, -0.2) is 21.3 Å². The van der Waals surface area contributed by atoms with Crippen molar-refractivity contribution >= 4 is 23.2 Å². The van der Waals surface area contributed by atoms with Crippen LogP contribution in [0.3, 0.4) is 0 Å². The minimum Gasteiger partial charge on any atom is -0.455 e. The highest BCUT2D eigenvalue weighted by Crippen LogP contribution is 2.39. The molecule has 0 bridgehead atoms. The van der Waals surface area contributed by atoms with Crippen molar-refractivity contribution in [1.82, 2.24) is 4.90 Å². The maximum absolute atomic E-state index is 12.6. The van der Waals surface area contributed by atoms with Crippen LogP contribution in [0.25, 0.3) is 0 Å². The zero-order valence-corrected chi connectivity index (χ0v) is 14.8. The van der Waals surface area contributed by atoms with Crippen molar-refractivity contribution in [2.24, 2.45) is 0 Å². The Labute approximate surface area is 150 Å². The van der Waals surface area contributed by atoms with Crippen molar-refractivity contribution in [3.8, 4) is 11.5 Å². The molecule has 1 amide bonds. The van der Waals surface area contributed by atoms with Crippen LogP contribution in [0, 0.1) is 10.1 Å². The smallest absolute Gasteiger partial charge is 0.271 e. The molecule has 2 aromatic carbocycles. The third-order valence-electron chi connectivity index (χ3n) is 4.08. The third kappa shape index (κ3) is 3.17. The van der Waals surface area contributed by atoms with E-state index in [9.17, 15) is 14.9 Å². The molecule has 0 unspecified atom stereocenters. The highest BCUT2D eigenvalue weighted by Gasteiger charge is 2.36. The second kappa shape index (κ2) is 6.04. The fourth-order valence-corrected chi connectivity index (χ4v) is 2.96. The number of carbonyl (C=O) groups excluding carboxylic acids is 1. The van der Waals surface area contributed by atoms with Crippen LogP contribution >= 0.6 is 11.6 Å². The lowest BCUT2D eigenvalue weighted by Crippen LogP contribution is -2.41. The first-order valence-electron chi connectivity index (χ1n) is 7.74. The van der Waals surface area contributed by atoms with Crippen LogP contribution in [0.5, 0.6) is 11.5 Å². The average molecular weight is 361 g/mol. The first kappa shape index (κ1) is 17.2. The minimum absolute atomic E-state index is 0.0391. The quantitative estimate of drug-likeness (QED) is 0.582. The topological polar surface area (TPSA) is 72.7 Å². The first-order valence-corrected chi connectivity index (χ1v) is 8.12. The Hall–Kier alpha value is -2.60. The van der Waals surface area contributed by atoms with Gasteiger partial charge in [-0.05, 0) is 39.0 Å². The molecule has 0 saturated carbocycles. The van der Waals surface area contributed by atoms with Crippen molar-refractivity contribution in [2.75, 3.05) is 0 Å². The Morgan fingerprint density at radius 1 is 1.20 bits per heavy atom. The number of ether oxygens (including phenoxy) is 1. The summed E-state index contributed by atoms with van der Waals surface area (Å²) in [5.74, 6) is 0.790. The first-order chi connectivity index (χ1) is 11.7. The van der Waals surface area contributed by atoms with E-state index in [1.165, 1.54) is 18.2 Å². The number of amides is 1. The largest absolute Gasteiger partial charge is 0.455 e. The minimum atomic E-state index is -0.518. The molecule has 0 aromatic heterocycles. The van der Waals surface area contributed by atoms with Gasteiger partial charge in [0.25, 0.3) is 11.6 Å². The molecular weight excluding hydrogens is 344 g/mol. The van der Waals surface area contributed by atoms with Gasteiger partial charge in [0.15, 0.2) is 0 Å². The van der Waals surface area contributed by atoms with Crippen molar-refractivity contribution in [3.05, 3.63) is 62.7 Å². The summed E-state index contributed by atoms with van der Waals surface area (Å²) < 4.78 is 5.86. The van der Waals surface area contributed by atoms with E-state index in [4.69, 9.17) is 16.3 Å². The van der Waals surface area contributed by atoms with E-state index >= 15 is 0 Å². The summed E-state index contributed by atoms with van der Waals surface area (Å²) in [6, 6.07) is 9.31. The molecule has 6 nitrogen and oxygen atoms in total. The van der Waals surface area contributed by atoms with Gasteiger partial charge in [-0.1, -0.05) is 17.7 Å². The number of halogens is 1. The van der Waals surface area contributed by atoms with Gasteiger partial charge in [0.1, 0.15) is 11.5 Å². The van der Waals surface area contributed by atoms with Gasteiger partial charge in [-0.2, -0.15) is 0 Å². The molecule has 1 aliphatic heterocycles. The van der Waals surface area contributed by atoms with Crippen LogP contribution in [0.1, 0.15) is 36.7 Å². The Kier molecular flexibility index (Phi) is 4.16. The van der Waals surface area contributed by atoms with E-state index in [0.717, 1.165) is 5.56 Å². The number of nitro groups is 1. The Morgan fingerprint density at radius 3 is 2.52 bits per heavy atom. The van der Waals surface area contributed by atoms with Crippen LogP contribution in [0.4, 0.5) is 5.69 Å². The number of rotatable bonds is 3. The van der Waals surface area contributed by atoms with Crippen molar-refractivity contribution < 1.29 is 14.5 Å². The van der Waals surface area contributed by atoms with E-state index in [2.05, 4.69) is 0 Å². The Balaban J connectivity index is 1.95. The fraction of sp³-hybridized carbons (Fsp3) is 0.278. The summed E-state index contributed by atoms with van der Waals surface area (Å²) in [6.45, 7) is 6.37. The maximum atomic E-state index is 12.6. The standard InChI is InChI=1S/C18H17ClN2O4/c1-18(2,3)20-10-13-12(17(20)22)5-4-6-15(13)25-16-8-7-11(21(23)24)9-14(16)19/h4-9H,10H2,1-3H3. The zero-order chi connectivity index (χ0) is 18.4. The third-order valence-corrected chi connectivity index (χ3v) is 4.38. The zero-order valence-electron chi connectivity index (χ0n) is 14.1. The summed E-state index contributed by atoms with van der Waals surface area (Å²) in [6.07, 6.45) is 0. The van der Waals surface area contributed by atoms with Crippen molar-refractivity contribution in [3.63, 3.8) is 0 Å². The molecule has 0 atom stereocenters. The maximum Gasteiger partial charge on any atom is 0.271 e. The Morgan fingerprint density at radius 2 is 1.92 bits per heavy atom. The van der Waals surface area contributed by atoms with Crippen LogP contribution in [0.2, 0.25) is 5.02 Å². The van der Waals surface area contributed by atoms with Gasteiger partial charge in [-0.15, -0.1) is 0 Å². The van der Waals surface area contributed by atoms with Gasteiger partial charge < -0.3 is 9.64 Å². The molecule has 0 fully saturated rings. The fourth-order valence-electron chi connectivity index (χ4n) is 2.75. The lowest BCUT2D eigenvalue weighted by Gasteiger charge is -2.31. The van der Waals surface area contributed by atoms with Gasteiger partial charge in [0, 0.05) is 28.8 Å². The van der Waals surface area contributed by atoms with Crippen molar-refractivity contribution in [2.45, 2.75) is 32.9 Å². The lowest BCUT2D eigenvalue weighted by atomic mass is 10.1. The van der Waals surface area contributed by atoms with Crippen LogP contribution in [0.15, 0.2) is 36.4 Å². The molecule has 3 rings (SSSR count). The molecule has 0 saturated heterocycles. The van der Waals surface area contributed by atoms with E-state index in [-0.39, 0.29) is 22.2 Å². The van der Waals surface area contributed by atoms with E-state index < -0.39 is 4.92 Å². The van der Waals surface area contributed by atoms with E-state index in [1.807, 2.05) is 20.8 Å². The predicted octanol–water partition coefficient (Wildman–Crippen LogP) is 4.79. The number of nitro benzene ring substituents is 1. The van der Waals surface area contributed by atoms with Gasteiger partial charge in [-0.25, -0.2) is 0 Å². The molecule has 7 heteroatoms. The van der Waals surface area contributed by atoms with Gasteiger partial charge in [0.05, 0.1) is 16.5 Å². The molecular formula is C18H17ClN2O4. The number of hydrogen-bond donors (Lipinski definition) is 0. The summed E-state index contributed by atoms with van der Waals surface area (Å²) in [7, 11) is 0. The van der Waals surface area contributed by atoms with Gasteiger partial charge >= 0.3 is 0 Å². The molecule has 0 N–H and O–H groups in total. The number of fused-ring (bicyclic) bond motifs is 1. The summed E-state index contributed by atoms with van der Waals surface area (Å²) in [5, 5.41) is 10.9. The molecule has 1 aliphatic rings. The van der Waals surface area contributed by atoms with Gasteiger partial charge in [-0.3, -0.25) is 14.9 Å². The SMILES string of the molecule is CC(C)(C)N1Cc2c(Oc3ccc([N+](=O)[O-])cc3Cl)cccc2C1=O. The molecule has 1 heterocycles. The molecule has 25 heavy (non-hydrogen) atoms. The van der Waals surface area contributed by atoms with E-state index in [1.54, 1.807) is 23.1 Å². The number of non-ortho nitro benzene ring substituents is 1. The normalized spacial score (nSPS) is 13.8. The lowest BCUT2D eigenvalue weighted by molar-refractivity contribution is -0.384. The second-order valence-electron chi connectivity index (χ2n) is 6.82. The summed E-state index contributed by atoms with van der Waals surface area (Å²) in [5.41, 5.74) is 0.977. The number of nitrogens with zero attached hydrogens (tertiary/aromatic N) is 2. The summed E-state index contributed by atoms with van der Waals surface area (Å²) in [4.78, 5) is 24.7. The number of benzene rings is 2. The molecule has 0 spiro atoms.